The number of rotatable bonds is 15. The van der Waals surface area contributed by atoms with Crippen LogP contribution in [0.2, 0.25) is 0 Å². The maximum Gasteiger partial charge on any atom is 0.101 e. The molecule has 0 saturated carbocycles. The minimum Gasteiger partial charge on any atom is -0.302 e. The molecule has 0 radical (unpaired) electrons. The van der Waals surface area contributed by atoms with E-state index < -0.39 is 0 Å². The first-order valence-electron chi connectivity index (χ1n) is 26.1. The number of anilines is 9. The van der Waals surface area contributed by atoms with E-state index >= 15 is 0 Å². The molecule has 13 rings (SSSR count). The summed E-state index contributed by atoms with van der Waals surface area (Å²) < 4.78 is 0. The van der Waals surface area contributed by atoms with Crippen LogP contribution in [-0.4, -0.2) is 0 Å². The smallest absolute Gasteiger partial charge is 0.101 e. The SMILES string of the molecule is c1ccc(N(c2ccccc2)c2ccc(-c3ccc(-c4cc(-c5ccc(-c6ccc(N(c7ccccc7)c7ccccc7)s6)cc5)cc(-c5ccc(-c6ccc(N(c7ccccc7)c7ccccc7)s6)cc5)c4)cc3)s2)cc1. The Kier molecular flexibility index (Phi) is 13.7. The van der Waals surface area contributed by atoms with Gasteiger partial charge in [0, 0.05) is 48.8 Å². The van der Waals surface area contributed by atoms with Crippen molar-refractivity contribution in [1.82, 2.24) is 0 Å². The standard InChI is InChI=1S/C72H51N3S3/c1-7-19-61(20-8-1)73(62-21-9-2-10-22-62)70-46-43-67(76-70)55-37-31-52(32-38-55)58-49-59(53-33-39-56(40-34-53)68-44-47-71(77-68)74(63-23-11-3-12-24-63)64-25-13-4-14-26-64)51-60(50-58)54-35-41-57(42-36-54)69-45-48-72(78-69)75(65-27-15-5-16-28-65)66-29-17-6-18-30-66/h1-51H. The van der Waals surface area contributed by atoms with Gasteiger partial charge >= 0.3 is 0 Å². The second-order valence-corrected chi connectivity index (χ2v) is 22.2. The lowest BCUT2D eigenvalue weighted by Gasteiger charge is -2.23. The first-order chi connectivity index (χ1) is 38.6. The molecule has 0 fully saturated rings. The molecule has 3 heterocycles. The molecule has 6 heteroatoms. The topological polar surface area (TPSA) is 9.72 Å². The third-order valence-electron chi connectivity index (χ3n) is 14.0. The Balaban J connectivity index is 0.828. The highest BCUT2D eigenvalue weighted by Gasteiger charge is 2.19. The summed E-state index contributed by atoms with van der Waals surface area (Å²) in [7, 11) is 0. The summed E-state index contributed by atoms with van der Waals surface area (Å²) in [5, 5.41) is 3.51. The van der Waals surface area contributed by atoms with E-state index in [4.69, 9.17) is 0 Å². The van der Waals surface area contributed by atoms with Crippen molar-refractivity contribution >= 4 is 83.1 Å². The number of para-hydroxylation sites is 6. The highest BCUT2D eigenvalue weighted by molar-refractivity contribution is 7.20. The summed E-state index contributed by atoms with van der Waals surface area (Å²) in [5.41, 5.74) is 17.4. The average Bonchev–Trinajstić information content (AvgIpc) is 4.36. The van der Waals surface area contributed by atoms with Gasteiger partial charge in [-0.25, -0.2) is 0 Å². The zero-order valence-corrected chi connectivity index (χ0v) is 45.0. The van der Waals surface area contributed by atoms with Gasteiger partial charge in [-0.3, -0.25) is 0 Å². The van der Waals surface area contributed by atoms with Gasteiger partial charge < -0.3 is 14.7 Å². The Hall–Kier alpha value is -9.30. The van der Waals surface area contributed by atoms with Gasteiger partial charge in [0.1, 0.15) is 15.0 Å². The zero-order valence-electron chi connectivity index (χ0n) is 42.5. The van der Waals surface area contributed by atoms with E-state index in [2.05, 4.69) is 324 Å². The van der Waals surface area contributed by atoms with Gasteiger partial charge in [-0.15, -0.1) is 34.0 Å². The first-order valence-corrected chi connectivity index (χ1v) is 28.6. The van der Waals surface area contributed by atoms with Crippen LogP contribution in [0.4, 0.5) is 49.1 Å². The van der Waals surface area contributed by atoms with Crippen LogP contribution in [-0.2, 0) is 0 Å². The van der Waals surface area contributed by atoms with Crippen molar-refractivity contribution in [3.63, 3.8) is 0 Å². The lowest BCUT2D eigenvalue weighted by Crippen LogP contribution is -2.07. The van der Waals surface area contributed by atoms with E-state index in [0.717, 1.165) is 34.1 Å². The van der Waals surface area contributed by atoms with E-state index in [9.17, 15) is 0 Å². The lowest BCUT2D eigenvalue weighted by atomic mass is 9.92. The molecule has 13 aromatic rings. The molecule has 0 bridgehead atoms. The predicted molar refractivity (Wildman–Crippen MR) is 337 cm³/mol. The van der Waals surface area contributed by atoms with Crippen LogP contribution in [0.25, 0.3) is 64.7 Å². The Morgan fingerprint density at radius 2 is 0.359 bits per heavy atom. The van der Waals surface area contributed by atoms with Gasteiger partial charge in [0.25, 0.3) is 0 Å². The van der Waals surface area contributed by atoms with Gasteiger partial charge in [0.05, 0.1) is 0 Å². The molecule has 0 aliphatic rings. The minimum absolute atomic E-state index is 1.14. The number of hydrogen-bond acceptors (Lipinski definition) is 6. The molecule has 0 aliphatic carbocycles. The van der Waals surface area contributed by atoms with Crippen LogP contribution in [0.5, 0.6) is 0 Å². The largest absolute Gasteiger partial charge is 0.302 e. The molecule has 0 spiro atoms. The highest BCUT2D eigenvalue weighted by Crippen LogP contribution is 2.46. The first kappa shape index (κ1) is 48.3. The van der Waals surface area contributed by atoms with Crippen molar-refractivity contribution in [2.45, 2.75) is 0 Å². The molecule has 0 N–H and O–H groups in total. The van der Waals surface area contributed by atoms with Crippen LogP contribution >= 0.6 is 34.0 Å². The Bertz CT molecular complexity index is 3490. The lowest BCUT2D eigenvalue weighted by molar-refractivity contribution is 1.32. The van der Waals surface area contributed by atoms with Gasteiger partial charge in [0.15, 0.2) is 0 Å². The van der Waals surface area contributed by atoms with Gasteiger partial charge in [-0.2, -0.15) is 0 Å². The van der Waals surface area contributed by atoms with Crippen molar-refractivity contribution < 1.29 is 0 Å². The van der Waals surface area contributed by atoms with Crippen LogP contribution in [0.15, 0.2) is 309 Å². The molecule has 372 valence electrons. The summed E-state index contributed by atoms with van der Waals surface area (Å²) >= 11 is 5.42. The van der Waals surface area contributed by atoms with Gasteiger partial charge in [-0.05, 0) is 177 Å². The number of benzene rings is 10. The normalized spacial score (nSPS) is 11.1. The number of thiophene rings is 3. The molecule has 0 aliphatic heterocycles. The number of nitrogens with zero attached hydrogens (tertiary/aromatic N) is 3. The molecule has 3 aromatic heterocycles. The molecular weight excluding hydrogens is 1000 g/mol. The van der Waals surface area contributed by atoms with Crippen LogP contribution in [0.1, 0.15) is 0 Å². The highest BCUT2D eigenvalue weighted by atomic mass is 32.1. The maximum atomic E-state index is 2.35. The maximum absolute atomic E-state index is 2.35. The fraction of sp³-hybridized carbons (Fsp3) is 0. The molecule has 78 heavy (non-hydrogen) atoms. The van der Waals surface area contributed by atoms with Crippen molar-refractivity contribution in [1.29, 1.82) is 0 Å². The van der Waals surface area contributed by atoms with Gasteiger partial charge in [-0.1, -0.05) is 182 Å². The molecule has 10 aromatic carbocycles. The summed E-state index contributed by atoms with van der Waals surface area (Å²) in [5.74, 6) is 0. The van der Waals surface area contributed by atoms with E-state index in [1.54, 1.807) is 0 Å². The Labute approximate surface area is 468 Å². The van der Waals surface area contributed by atoms with Crippen molar-refractivity contribution in [2.75, 3.05) is 14.7 Å². The quantitative estimate of drug-likeness (QED) is 0.101. The predicted octanol–water partition coefficient (Wildman–Crippen LogP) is 22.3. The fourth-order valence-electron chi connectivity index (χ4n) is 10.1. The summed E-state index contributed by atoms with van der Waals surface area (Å²) in [6, 6.07) is 111. The average molecular weight is 1050 g/mol. The van der Waals surface area contributed by atoms with Crippen LogP contribution in [0, 0.1) is 0 Å². The van der Waals surface area contributed by atoms with Crippen LogP contribution in [0.3, 0.4) is 0 Å². The van der Waals surface area contributed by atoms with Crippen molar-refractivity contribution in [3.8, 4) is 64.7 Å². The van der Waals surface area contributed by atoms with Crippen LogP contribution < -0.4 is 14.7 Å². The van der Waals surface area contributed by atoms with E-state index in [-0.39, 0.29) is 0 Å². The second kappa shape index (κ2) is 22.1. The molecule has 0 saturated heterocycles. The van der Waals surface area contributed by atoms with E-state index in [1.807, 2.05) is 34.0 Å². The van der Waals surface area contributed by atoms with E-state index in [1.165, 1.54) is 79.7 Å². The van der Waals surface area contributed by atoms with Crippen molar-refractivity contribution in [3.05, 3.63) is 309 Å². The Morgan fingerprint density at radius 3 is 0.564 bits per heavy atom. The number of hydrogen-bond donors (Lipinski definition) is 0. The molecular formula is C72H51N3S3. The third-order valence-corrected chi connectivity index (χ3v) is 17.3. The molecule has 0 unspecified atom stereocenters. The van der Waals surface area contributed by atoms with Crippen molar-refractivity contribution in [2.24, 2.45) is 0 Å². The van der Waals surface area contributed by atoms with Gasteiger partial charge in [0.2, 0.25) is 0 Å². The molecule has 3 nitrogen and oxygen atoms in total. The summed E-state index contributed by atoms with van der Waals surface area (Å²) in [6.45, 7) is 0. The fourth-order valence-corrected chi connectivity index (χ4v) is 13.3. The van der Waals surface area contributed by atoms with E-state index in [0.29, 0.717) is 0 Å². The summed E-state index contributed by atoms with van der Waals surface area (Å²) in [4.78, 5) is 10.7. The molecule has 0 atom stereocenters. The molecule has 0 amide bonds. The Morgan fingerprint density at radius 1 is 0.167 bits per heavy atom. The minimum atomic E-state index is 1.14. The monoisotopic (exact) mass is 1050 g/mol. The summed E-state index contributed by atoms with van der Waals surface area (Å²) in [6.07, 6.45) is 0. The third kappa shape index (κ3) is 10.2. The zero-order chi connectivity index (χ0) is 52.0. The second-order valence-electron chi connectivity index (χ2n) is 19.0.